The summed E-state index contributed by atoms with van der Waals surface area (Å²) >= 11 is 0. The monoisotopic (exact) mass is 293 g/mol. The molecule has 0 aromatic heterocycles. The molecule has 2 rings (SSSR count). The van der Waals surface area contributed by atoms with Crippen molar-refractivity contribution in [1.29, 1.82) is 0 Å². The van der Waals surface area contributed by atoms with E-state index in [-0.39, 0.29) is 11.6 Å². The number of carbonyl (C=O) groups is 1. The lowest BCUT2D eigenvalue weighted by Gasteiger charge is -2.22. The van der Waals surface area contributed by atoms with Crippen LogP contribution in [-0.2, 0) is 0 Å². The first-order valence-corrected chi connectivity index (χ1v) is 7.71. The molecule has 1 heterocycles. The van der Waals surface area contributed by atoms with Gasteiger partial charge in [-0.2, -0.15) is 0 Å². The third-order valence-corrected chi connectivity index (χ3v) is 4.22. The Balaban J connectivity index is 2.11. The summed E-state index contributed by atoms with van der Waals surface area (Å²) in [7, 11) is 0. The number of rotatable bonds is 4. The van der Waals surface area contributed by atoms with Gasteiger partial charge in [0.2, 0.25) is 0 Å². The fraction of sp³-hybridized carbons (Fsp3) is 0.562. The summed E-state index contributed by atoms with van der Waals surface area (Å²) in [5.74, 6) is 5.41. The minimum atomic E-state index is -0.498. The SMILES string of the molecule is CCCC1CCCN(C(=O)c2cccc(F)c2NN)CC1. The minimum absolute atomic E-state index is 0.0804. The first kappa shape index (κ1) is 15.8. The van der Waals surface area contributed by atoms with Crippen molar-refractivity contribution in [2.24, 2.45) is 11.8 Å². The highest BCUT2D eigenvalue weighted by atomic mass is 19.1. The molecule has 0 aliphatic carbocycles. The molecule has 21 heavy (non-hydrogen) atoms. The van der Waals surface area contributed by atoms with Gasteiger partial charge in [-0.1, -0.05) is 25.8 Å². The zero-order chi connectivity index (χ0) is 15.2. The molecule has 1 fully saturated rings. The number of nitrogens with zero attached hydrogens (tertiary/aromatic N) is 1. The molecule has 1 saturated heterocycles. The summed E-state index contributed by atoms with van der Waals surface area (Å²) in [5.41, 5.74) is 2.70. The lowest BCUT2D eigenvalue weighted by molar-refractivity contribution is 0.0760. The fourth-order valence-electron chi connectivity index (χ4n) is 3.08. The quantitative estimate of drug-likeness (QED) is 0.662. The molecule has 0 spiro atoms. The molecule has 5 heteroatoms. The normalized spacial score (nSPS) is 19.2. The molecule has 0 saturated carbocycles. The van der Waals surface area contributed by atoms with E-state index in [4.69, 9.17) is 5.84 Å². The van der Waals surface area contributed by atoms with E-state index < -0.39 is 5.82 Å². The average molecular weight is 293 g/mol. The Kier molecular flexibility index (Phi) is 5.56. The molecule has 1 aromatic rings. The van der Waals surface area contributed by atoms with Crippen LogP contribution in [0.2, 0.25) is 0 Å². The third kappa shape index (κ3) is 3.73. The number of amides is 1. The van der Waals surface area contributed by atoms with Crippen molar-refractivity contribution in [2.45, 2.75) is 39.0 Å². The fourth-order valence-corrected chi connectivity index (χ4v) is 3.08. The maximum Gasteiger partial charge on any atom is 0.256 e. The van der Waals surface area contributed by atoms with E-state index >= 15 is 0 Å². The van der Waals surface area contributed by atoms with Crippen LogP contribution >= 0.6 is 0 Å². The molecule has 4 nitrogen and oxygen atoms in total. The Morgan fingerprint density at radius 1 is 1.43 bits per heavy atom. The van der Waals surface area contributed by atoms with Crippen molar-refractivity contribution in [2.75, 3.05) is 18.5 Å². The number of hydrogen-bond acceptors (Lipinski definition) is 3. The van der Waals surface area contributed by atoms with Crippen molar-refractivity contribution in [3.8, 4) is 0 Å². The molecule has 1 aromatic carbocycles. The second kappa shape index (κ2) is 7.41. The van der Waals surface area contributed by atoms with E-state index in [9.17, 15) is 9.18 Å². The first-order valence-electron chi connectivity index (χ1n) is 7.71. The van der Waals surface area contributed by atoms with E-state index in [0.717, 1.165) is 25.9 Å². The largest absolute Gasteiger partial charge is 0.339 e. The van der Waals surface area contributed by atoms with Gasteiger partial charge in [0.05, 0.1) is 11.3 Å². The van der Waals surface area contributed by atoms with Crippen molar-refractivity contribution in [3.05, 3.63) is 29.6 Å². The summed E-state index contributed by atoms with van der Waals surface area (Å²) in [5, 5.41) is 0. The standard InChI is InChI=1S/C16H24FN3O/c1-2-5-12-6-4-10-20(11-9-12)16(21)13-7-3-8-14(17)15(13)19-18/h3,7-8,12,19H,2,4-6,9-11,18H2,1H3. The summed E-state index contributed by atoms with van der Waals surface area (Å²) in [6, 6.07) is 4.46. The van der Waals surface area contributed by atoms with Crippen molar-refractivity contribution in [1.82, 2.24) is 4.90 Å². The number of hydrogen-bond donors (Lipinski definition) is 2. The number of nitrogens with two attached hydrogens (primary N) is 1. The van der Waals surface area contributed by atoms with E-state index in [1.165, 1.54) is 25.3 Å². The Morgan fingerprint density at radius 2 is 2.24 bits per heavy atom. The number of nitrogens with one attached hydrogen (secondary N) is 1. The highest BCUT2D eigenvalue weighted by Crippen LogP contribution is 2.25. The van der Waals surface area contributed by atoms with E-state index in [1.807, 2.05) is 4.90 Å². The van der Waals surface area contributed by atoms with E-state index in [0.29, 0.717) is 11.5 Å². The van der Waals surface area contributed by atoms with Gasteiger partial charge in [-0.05, 0) is 37.3 Å². The predicted molar refractivity (Wildman–Crippen MR) is 82.4 cm³/mol. The molecule has 1 unspecified atom stereocenters. The topological polar surface area (TPSA) is 58.4 Å². The van der Waals surface area contributed by atoms with E-state index in [1.54, 1.807) is 12.1 Å². The number of likely N-dealkylation sites (tertiary alicyclic amines) is 1. The van der Waals surface area contributed by atoms with Crippen LogP contribution in [0.5, 0.6) is 0 Å². The molecular formula is C16H24FN3O. The number of hydrazine groups is 1. The van der Waals surface area contributed by atoms with Gasteiger partial charge in [-0.25, -0.2) is 4.39 Å². The third-order valence-electron chi connectivity index (χ3n) is 4.22. The van der Waals surface area contributed by atoms with Crippen molar-refractivity contribution >= 4 is 11.6 Å². The molecule has 3 N–H and O–H groups in total. The van der Waals surface area contributed by atoms with Crippen molar-refractivity contribution in [3.63, 3.8) is 0 Å². The molecule has 1 amide bonds. The molecular weight excluding hydrogens is 269 g/mol. The minimum Gasteiger partial charge on any atom is -0.339 e. The van der Waals surface area contributed by atoms with Crippen LogP contribution in [0.1, 0.15) is 49.4 Å². The summed E-state index contributed by atoms with van der Waals surface area (Å²) < 4.78 is 13.7. The van der Waals surface area contributed by atoms with Crippen LogP contribution in [0, 0.1) is 11.7 Å². The number of para-hydroxylation sites is 1. The Morgan fingerprint density at radius 3 is 2.95 bits per heavy atom. The van der Waals surface area contributed by atoms with Crippen LogP contribution in [-0.4, -0.2) is 23.9 Å². The van der Waals surface area contributed by atoms with Gasteiger partial charge < -0.3 is 10.3 Å². The Bertz CT molecular complexity index is 492. The summed E-state index contributed by atoms with van der Waals surface area (Å²) in [4.78, 5) is 14.4. The second-order valence-electron chi connectivity index (χ2n) is 5.68. The van der Waals surface area contributed by atoms with Crippen LogP contribution in [0.3, 0.4) is 0 Å². The summed E-state index contributed by atoms with van der Waals surface area (Å²) in [6.45, 7) is 3.67. The van der Waals surface area contributed by atoms with Gasteiger partial charge in [-0.15, -0.1) is 0 Å². The number of anilines is 1. The van der Waals surface area contributed by atoms with Crippen LogP contribution in [0.4, 0.5) is 10.1 Å². The summed E-state index contributed by atoms with van der Waals surface area (Å²) in [6.07, 6.45) is 5.61. The maximum absolute atomic E-state index is 13.7. The van der Waals surface area contributed by atoms with Gasteiger partial charge in [-0.3, -0.25) is 10.6 Å². The number of benzene rings is 1. The van der Waals surface area contributed by atoms with E-state index in [2.05, 4.69) is 12.3 Å². The lowest BCUT2D eigenvalue weighted by atomic mass is 9.96. The van der Waals surface area contributed by atoms with Gasteiger partial charge in [0.15, 0.2) is 0 Å². The van der Waals surface area contributed by atoms with Crippen molar-refractivity contribution < 1.29 is 9.18 Å². The molecule has 1 aliphatic heterocycles. The number of carbonyl (C=O) groups excluding carboxylic acids is 1. The lowest BCUT2D eigenvalue weighted by Crippen LogP contribution is -2.33. The smallest absolute Gasteiger partial charge is 0.256 e. The van der Waals surface area contributed by atoms with Gasteiger partial charge >= 0.3 is 0 Å². The van der Waals surface area contributed by atoms with Gasteiger partial charge in [0, 0.05) is 13.1 Å². The zero-order valence-corrected chi connectivity index (χ0v) is 12.6. The molecule has 116 valence electrons. The second-order valence-corrected chi connectivity index (χ2v) is 5.68. The number of nitrogen functional groups attached to an aromatic ring is 1. The molecule has 0 bridgehead atoms. The van der Waals surface area contributed by atoms with Crippen LogP contribution in [0.25, 0.3) is 0 Å². The highest BCUT2D eigenvalue weighted by molar-refractivity contribution is 5.99. The number of halogens is 1. The highest BCUT2D eigenvalue weighted by Gasteiger charge is 2.23. The zero-order valence-electron chi connectivity index (χ0n) is 12.6. The van der Waals surface area contributed by atoms with Gasteiger partial charge in [0.1, 0.15) is 5.82 Å². The van der Waals surface area contributed by atoms with Crippen LogP contribution in [0.15, 0.2) is 18.2 Å². The predicted octanol–water partition coefficient (Wildman–Crippen LogP) is 3.15. The Labute approximate surface area is 125 Å². The van der Waals surface area contributed by atoms with Crippen LogP contribution < -0.4 is 11.3 Å². The average Bonchev–Trinajstić information content (AvgIpc) is 2.72. The molecule has 0 radical (unpaired) electrons. The molecule has 1 atom stereocenters. The Hall–Kier alpha value is -1.62. The molecule has 1 aliphatic rings. The first-order chi connectivity index (χ1) is 10.2. The maximum atomic E-state index is 13.7. The van der Waals surface area contributed by atoms with Gasteiger partial charge in [0.25, 0.3) is 5.91 Å².